The Morgan fingerprint density at radius 3 is 2.89 bits per heavy atom. The number of likely N-dealkylation sites (tertiary alicyclic amines) is 1. The topological polar surface area (TPSA) is 66.3 Å². The summed E-state index contributed by atoms with van der Waals surface area (Å²) in [6.45, 7) is 2.14. The quantitative estimate of drug-likeness (QED) is 0.677. The zero-order valence-electron chi connectivity index (χ0n) is 14.9. The second-order valence-electron chi connectivity index (χ2n) is 7.20. The van der Waals surface area contributed by atoms with E-state index in [-0.39, 0.29) is 5.78 Å². The van der Waals surface area contributed by atoms with Crippen molar-refractivity contribution in [1.29, 1.82) is 0 Å². The standard InChI is InChI=1S/C21H21ClN2O3/c22-17-11-18-20(27-21(26)23-18)10-16(17)19(25)13-24-8-4-7-15(12-24)9-14-5-2-1-3-6-14/h1-3,5-6,10-11,15H,4,7-9,12-13H2,(H,23,26)/t15-/m1/s1. The number of hydrogen-bond acceptors (Lipinski definition) is 4. The van der Waals surface area contributed by atoms with Crippen LogP contribution >= 0.6 is 11.6 Å². The van der Waals surface area contributed by atoms with Crippen LogP contribution in [-0.4, -0.2) is 35.3 Å². The van der Waals surface area contributed by atoms with E-state index in [1.807, 2.05) is 6.07 Å². The molecule has 4 rings (SSSR count). The van der Waals surface area contributed by atoms with Crippen molar-refractivity contribution in [3.05, 3.63) is 69.2 Å². The number of H-pyrrole nitrogens is 1. The first-order valence-corrected chi connectivity index (χ1v) is 9.58. The van der Waals surface area contributed by atoms with Crippen molar-refractivity contribution in [2.24, 2.45) is 5.92 Å². The zero-order valence-corrected chi connectivity index (χ0v) is 15.7. The summed E-state index contributed by atoms with van der Waals surface area (Å²) in [6.07, 6.45) is 3.30. The number of aromatic nitrogens is 1. The lowest BCUT2D eigenvalue weighted by atomic mass is 9.91. The second-order valence-corrected chi connectivity index (χ2v) is 7.61. The number of carbonyl (C=O) groups excluding carboxylic acids is 1. The third-order valence-electron chi connectivity index (χ3n) is 5.15. The number of aromatic amines is 1. The smallest absolute Gasteiger partial charge is 0.408 e. The predicted octanol–water partition coefficient (Wildman–Crippen LogP) is 3.91. The first-order chi connectivity index (χ1) is 13.1. The molecule has 1 aromatic heterocycles. The van der Waals surface area contributed by atoms with Gasteiger partial charge in [0, 0.05) is 12.1 Å². The normalized spacial score (nSPS) is 18.0. The molecule has 0 unspecified atom stereocenters. The van der Waals surface area contributed by atoms with Crippen LogP contribution in [-0.2, 0) is 6.42 Å². The Hall–Kier alpha value is -2.37. The molecule has 1 aliphatic heterocycles. The maximum absolute atomic E-state index is 12.8. The van der Waals surface area contributed by atoms with E-state index >= 15 is 0 Å². The summed E-state index contributed by atoms with van der Waals surface area (Å²) in [5, 5.41) is 0.336. The predicted molar refractivity (Wildman–Crippen MR) is 105 cm³/mol. The van der Waals surface area contributed by atoms with Crippen molar-refractivity contribution in [1.82, 2.24) is 9.88 Å². The Kier molecular flexibility index (Phi) is 5.14. The van der Waals surface area contributed by atoms with Gasteiger partial charge in [-0.15, -0.1) is 0 Å². The molecule has 1 atom stereocenters. The van der Waals surface area contributed by atoms with E-state index in [1.165, 1.54) is 12.0 Å². The number of ketones is 1. The van der Waals surface area contributed by atoms with Gasteiger partial charge in [-0.05, 0) is 49.4 Å². The molecule has 5 nitrogen and oxygen atoms in total. The number of piperidine rings is 1. The molecule has 1 fully saturated rings. The number of nitrogens with one attached hydrogen (secondary N) is 1. The molecular weight excluding hydrogens is 364 g/mol. The van der Waals surface area contributed by atoms with Crippen molar-refractivity contribution in [3.8, 4) is 0 Å². The van der Waals surface area contributed by atoms with Gasteiger partial charge in [-0.25, -0.2) is 4.79 Å². The molecule has 1 aliphatic rings. The third kappa shape index (κ3) is 4.15. The SMILES string of the molecule is O=C(CN1CCC[C@H](Cc2ccccc2)C1)c1cc2oc(=O)[nH]c2cc1Cl. The maximum atomic E-state index is 12.8. The van der Waals surface area contributed by atoms with Crippen molar-refractivity contribution in [3.63, 3.8) is 0 Å². The van der Waals surface area contributed by atoms with Crippen LogP contribution in [0.15, 0.2) is 51.7 Å². The number of Topliss-reactive ketones (excluding diaryl/α,β-unsaturated/α-hetero) is 1. The molecule has 0 bridgehead atoms. The number of nitrogens with zero attached hydrogens (tertiary/aromatic N) is 1. The van der Waals surface area contributed by atoms with Gasteiger partial charge in [0.05, 0.1) is 17.1 Å². The Bertz CT molecular complexity index is 1010. The highest BCUT2D eigenvalue weighted by molar-refractivity contribution is 6.34. The third-order valence-corrected chi connectivity index (χ3v) is 5.46. The molecule has 27 heavy (non-hydrogen) atoms. The van der Waals surface area contributed by atoms with Gasteiger partial charge < -0.3 is 4.42 Å². The molecule has 0 saturated carbocycles. The molecular formula is C21H21ClN2O3. The average molecular weight is 385 g/mol. The lowest BCUT2D eigenvalue weighted by Crippen LogP contribution is -2.39. The highest BCUT2D eigenvalue weighted by Crippen LogP contribution is 2.25. The van der Waals surface area contributed by atoms with Crippen molar-refractivity contribution >= 4 is 28.5 Å². The summed E-state index contributed by atoms with van der Waals surface area (Å²) in [6, 6.07) is 13.6. The largest absolute Gasteiger partial charge is 0.417 e. The average Bonchev–Trinajstić information content (AvgIpc) is 3.01. The Morgan fingerprint density at radius 1 is 1.26 bits per heavy atom. The highest BCUT2D eigenvalue weighted by atomic mass is 35.5. The van der Waals surface area contributed by atoms with Crippen LogP contribution < -0.4 is 5.76 Å². The van der Waals surface area contributed by atoms with E-state index in [2.05, 4.69) is 34.1 Å². The Morgan fingerprint density at radius 2 is 2.07 bits per heavy atom. The summed E-state index contributed by atoms with van der Waals surface area (Å²) >= 11 is 6.26. The van der Waals surface area contributed by atoms with Crippen LogP contribution in [0.1, 0.15) is 28.8 Å². The van der Waals surface area contributed by atoms with Gasteiger partial charge in [0.1, 0.15) is 0 Å². The minimum absolute atomic E-state index is 0.0499. The molecule has 0 aliphatic carbocycles. The van der Waals surface area contributed by atoms with Crippen molar-refractivity contribution in [2.45, 2.75) is 19.3 Å². The molecule has 2 heterocycles. The van der Waals surface area contributed by atoms with Crippen LogP contribution in [0, 0.1) is 5.92 Å². The first kappa shape index (κ1) is 18.0. The minimum atomic E-state index is -0.551. The van der Waals surface area contributed by atoms with Gasteiger partial charge in [-0.3, -0.25) is 14.7 Å². The monoisotopic (exact) mass is 384 g/mol. The van der Waals surface area contributed by atoms with E-state index in [0.717, 1.165) is 25.9 Å². The lowest BCUT2D eigenvalue weighted by Gasteiger charge is -2.32. The summed E-state index contributed by atoms with van der Waals surface area (Å²) in [5.74, 6) is -0.0499. The fourth-order valence-corrected chi connectivity index (χ4v) is 4.15. The summed E-state index contributed by atoms with van der Waals surface area (Å²) in [4.78, 5) is 28.9. The van der Waals surface area contributed by atoms with E-state index in [4.69, 9.17) is 16.0 Å². The summed E-state index contributed by atoms with van der Waals surface area (Å²) in [5.41, 5.74) is 2.60. The minimum Gasteiger partial charge on any atom is -0.408 e. The number of halogens is 1. The Labute approximate surface area is 161 Å². The number of rotatable bonds is 5. The molecule has 3 aromatic rings. The highest BCUT2D eigenvalue weighted by Gasteiger charge is 2.23. The number of oxazole rings is 1. The van der Waals surface area contributed by atoms with Crippen LogP contribution in [0.2, 0.25) is 5.02 Å². The fraction of sp³-hybridized carbons (Fsp3) is 0.333. The number of carbonyl (C=O) groups is 1. The molecule has 2 aromatic carbocycles. The number of fused-ring (bicyclic) bond motifs is 1. The van der Waals surface area contributed by atoms with Crippen LogP contribution in [0.25, 0.3) is 11.1 Å². The molecule has 0 spiro atoms. The zero-order chi connectivity index (χ0) is 18.8. The van der Waals surface area contributed by atoms with Gasteiger partial charge in [-0.1, -0.05) is 41.9 Å². The van der Waals surface area contributed by atoms with E-state index in [0.29, 0.717) is 34.1 Å². The van der Waals surface area contributed by atoms with Gasteiger partial charge >= 0.3 is 5.76 Å². The molecule has 6 heteroatoms. The lowest BCUT2D eigenvalue weighted by molar-refractivity contribution is 0.0886. The number of hydrogen-bond donors (Lipinski definition) is 1. The van der Waals surface area contributed by atoms with Crippen LogP contribution in [0.3, 0.4) is 0 Å². The maximum Gasteiger partial charge on any atom is 0.417 e. The molecule has 0 amide bonds. The van der Waals surface area contributed by atoms with Crippen LogP contribution in [0.5, 0.6) is 0 Å². The van der Waals surface area contributed by atoms with Crippen molar-refractivity contribution in [2.75, 3.05) is 19.6 Å². The second kappa shape index (κ2) is 7.71. The van der Waals surface area contributed by atoms with E-state index in [9.17, 15) is 9.59 Å². The summed E-state index contributed by atoms with van der Waals surface area (Å²) < 4.78 is 5.05. The molecule has 1 saturated heterocycles. The van der Waals surface area contributed by atoms with Gasteiger partial charge in [-0.2, -0.15) is 0 Å². The van der Waals surface area contributed by atoms with Gasteiger partial charge in [0.15, 0.2) is 11.4 Å². The molecule has 1 N–H and O–H groups in total. The van der Waals surface area contributed by atoms with Gasteiger partial charge in [0.2, 0.25) is 0 Å². The number of benzene rings is 2. The van der Waals surface area contributed by atoms with Crippen molar-refractivity contribution < 1.29 is 9.21 Å². The van der Waals surface area contributed by atoms with Gasteiger partial charge in [0.25, 0.3) is 0 Å². The molecule has 0 radical (unpaired) electrons. The Balaban J connectivity index is 1.44. The van der Waals surface area contributed by atoms with E-state index in [1.54, 1.807) is 12.1 Å². The fourth-order valence-electron chi connectivity index (χ4n) is 3.88. The first-order valence-electron chi connectivity index (χ1n) is 9.20. The summed E-state index contributed by atoms with van der Waals surface area (Å²) in [7, 11) is 0. The van der Waals surface area contributed by atoms with E-state index < -0.39 is 5.76 Å². The molecule has 140 valence electrons. The van der Waals surface area contributed by atoms with Crippen LogP contribution in [0.4, 0.5) is 0 Å².